The molecule has 1 aromatic heterocycles. The number of nitrogen functional groups attached to an aromatic ring is 1. The Balaban J connectivity index is 2.24. The SMILES string of the molecule is CC(CC(F)(F)F)NC(=O)c1sc2cccc(Cl)c2c1N. The van der Waals surface area contributed by atoms with E-state index < -0.39 is 24.5 Å². The summed E-state index contributed by atoms with van der Waals surface area (Å²) in [7, 11) is 0. The Hall–Kier alpha value is -1.47. The lowest BCUT2D eigenvalue weighted by Crippen LogP contribution is -2.35. The lowest BCUT2D eigenvalue weighted by molar-refractivity contribution is -0.138. The third-order valence-electron chi connectivity index (χ3n) is 2.82. The first-order chi connectivity index (χ1) is 9.69. The molecule has 0 fully saturated rings. The molecule has 0 radical (unpaired) electrons. The van der Waals surface area contributed by atoms with Crippen LogP contribution in [0.3, 0.4) is 0 Å². The van der Waals surface area contributed by atoms with Gasteiger partial charge in [0.1, 0.15) is 4.88 Å². The minimum absolute atomic E-state index is 0.173. The fourth-order valence-electron chi connectivity index (χ4n) is 1.99. The van der Waals surface area contributed by atoms with Crippen LogP contribution in [0.15, 0.2) is 18.2 Å². The highest BCUT2D eigenvalue weighted by Gasteiger charge is 2.31. The Morgan fingerprint density at radius 2 is 2.14 bits per heavy atom. The monoisotopic (exact) mass is 336 g/mol. The number of hydrogen-bond donors (Lipinski definition) is 2. The quantitative estimate of drug-likeness (QED) is 0.882. The first-order valence-corrected chi connectivity index (χ1v) is 7.22. The van der Waals surface area contributed by atoms with Crippen molar-refractivity contribution < 1.29 is 18.0 Å². The van der Waals surface area contributed by atoms with Gasteiger partial charge in [0.15, 0.2) is 0 Å². The highest BCUT2D eigenvalue weighted by Crippen LogP contribution is 2.38. The lowest BCUT2D eigenvalue weighted by Gasteiger charge is -2.15. The summed E-state index contributed by atoms with van der Waals surface area (Å²) in [6, 6.07) is 4.07. The van der Waals surface area contributed by atoms with Gasteiger partial charge in [-0.1, -0.05) is 17.7 Å². The molecule has 1 heterocycles. The Morgan fingerprint density at radius 1 is 1.48 bits per heavy atom. The van der Waals surface area contributed by atoms with E-state index >= 15 is 0 Å². The number of nitrogens with two attached hydrogens (primary N) is 1. The molecular weight excluding hydrogens is 325 g/mol. The Labute approximate surface area is 127 Å². The number of hydrogen-bond acceptors (Lipinski definition) is 3. The van der Waals surface area contributed by atoms with Crippen molar-refractivity contribution in [3.05, 3.63) is 28.1 Å². The molecule has 1 amide bonds. The number of benzene rings is 1. The summed E-state index contributed by atoms with van der Waals surface area (Å²) >= 11 is 7.12. The van der Waals surface area contributed by atoms with Crippen LogP contribution < -0.4 is 11.1 Å². The number of anilines is 1. The van der Waals surface area contributed by atoms with E-state index in [4.69, 9.17) is 17.3 Å². The predicted octanol–water partition coefficient (Wildman–Crippen LogP) is 4.21. The number of nitrogens with one attached hydrogen (secondary N) is 1. The molecular formula is C13H12ClF3N2OS. The van der Waals surface area contributed by atoms with Gasteiger partial charge >= 0.3 is 6.18 Å². The van der Waals surface area contributed by atoms with Crippen LogP contribution in [0.5, 0.6) is 0 Å². The van der Waals surface area contributed by atoms with E-state index in [0.29, 0.717) is 15.1 Å². The van der Waals surface area contributed by atoms with E-state index in [-0.39, 0.29) is 10.6 Å². The zero-order chi connectivity index (χ0) is 15.8. The average Bonchev–Trinajstić information content (AvgIpc) is 2.65. The lowest BCUT2D eigenvalue weighted by atomic mass is 10.2. The maximum absolute atomic E-state index is 12.3. The zero-order valence-electron chi connectivity index (χ0n) is 10.9. The summed E-state index contributed by atoms with van der Waals surface area (Å²) in [5, 5.41) is 3.26. The smallest absolute Gasteiger partial charge is 0.391 e. The number of alkyl halides is 3. The van der Waals surface area contributed by atoms with E-state index in [1.54, 1.807) is 18.2 Å². The van der Waals surface area contributed by atoms with Crippen molar-refractivity contribution in [2.75, 3.05) is 5.73 Å². The number of carbonyl (C=O) groups excluding carboxylic acids is 1. The number of fused-ring (bicyclic) bond motifs is 1. The van der Waals surface area contributed by atoms with Gasteiger partial charge in [0.25, 0.3) is 5.91 Å². The second-order valence-electron chi connectivity index (χ2n) is 4.65. The summed E-state index contributed by atoms with van der Waals surface area (Å²) in [5.74, 6) is -0.624. The molecule has 0 aliphatic heterocycles. The third kappa shape index (κ3) is 3.59. The molecule has 21 heavy (non-hydrogen) atoms. The van der Waals surface area contributed by atoms with Crippen LogP contribution in [0.4, 0.5) is 18.9 Å². The Bertz CT molecular complexity index is 684. The molecule has 3 nitrogen and oxygen atoms in total. The maximum Gasteiger partial charge on any atom is 0.391 e. The van der Waals surface area contributed by atoms with Gasteiger partial charge in [0, 0.05) is 16.1 Å². The van der Waals surface area contributed by atoms with Crippen molar-refractivity contribution in [1.82, 2.24) is 5.32 Å². The van der Waals surface area contributed by atoms with Crippen molar-refractivity contribution >= 4 is 44.6 Å². The molecule has 0 bridgehead atoms. The molecule has 114 valence electrons. The summed E-state index contributed by atoms with van der Waals surface area (Å²) in [6.45, 7) is 1.29. The maximum atomic E-state index is 12.3. The zero-order valence-corrected chi connectivity index (χ0v) is 12.5. The molecule has 3 N–H and O–H groups in total. The van der Waals surface area contributed by atoms with Crippen molar-refractivity contribution in [3.8, 4) is 0 Å². The Morgan fingerprint density at radius 3 is 2.71 bits per heavy atom. The molecule has 0 aliphatic rings. The second-order valence-corrected chi connectivity index (χ2v) is 6.11. The summed E-state index contributed by atoms with van der Waals surface area (Å²) in [6.07, 6.45) is -5.42. The second kappa shape index (κ2) is 5.73. The molecule has 0 aliphatic carbocycles. The molecule has 2 aromatic rings. The van der Waals surface area contributed by atoms with E-state index in [2.05, 4.69) is 5.32 Å². The van der Waals surface area contributed by atoms with Gasteiger partial charge in [-0.05, 0) is 19.1 Å². The fourth-order valence-corrected chi connectivity index (χ4v) is 3.37. The minimum atomic E-state index is -4.33. The number of rotatable bonds is 3. The van der Waals surface area contributed by atoms with Crippen LogP contribution >= 0.6 is 22.9 Å². The molecule has 8 heteroatoms. The number of thiophene rings is 1. The first-order valence-electron chi connectivity index (χ1n) is 6.03. The van der Waals surface area contributed by atoms with Crippen LogP contribution in [0.1, 0.15) is 23.0 Å². The van der Waals surface area contributed by atoms with Gasteiger partial charge in [-0.2, -0.15) is 13.2 Å². The van der Waals surface area contributed by atoms with Crippen LogP contribution in [0.25, 0.3) is 10.1 Å². The van der Waals surface area contributed by atoms with Crippen LogP contribution in [0.2, 0.25) is 5.02 Å². The topological polar surface area (TPSA) is 55.1 Å². The largest absolute Gasteiger partial charge is 0.397 e. The number of amides is 1. The summed E-state index contributed by atoms with van der Waals surface area (Å²) in [5.41, 5.74) is 6.08. The average molecular weight is 337 g/mol. The van der Waals surface area contributed by atoms with E-state index in [9.17, 15) is 18.0 Å². The van der Waals surface area contributed by atoms with Crippen molar-refractivity contribution in [2.45, 2.75) is 25.6 Å². The van der Waals surface area contributed by atoms with Crippen LogP contribution in [0, 0.1) is 0 Å². The predicted molar refractivity (Wildman–Crippen MR) is 78.8 cm³/mol. The first kappa shape index (κ1) is 15.9. The van der Waals surface area contributed by atoms with E-state index in [1.807, 2.05) is 0 Å². The molecule has 1 unspecified atom stereocenters. The highest BCUT2D eigenvalue weighted by atomic mass is 35.5. The van der Waals surface area contributed by atoms with Gasteiger partial charge in [-0.15, -0.1) is 11.3 Å². The number of halogens is 4. The van der Waals surface area contributed by atoms with E-state index in [0.717, 1.165) is 11.3 Å². The summed E-state index contributed by atoms with van der Waals surface area (Å²) in [4.78, 5) is 12.2. The molecule has 0 saturated carbocycles. The molecule has 2 rings (SSSR count). The van der Waals surface area contributed by atoms with Crippen molar-refractivity contribution in [2.24, 2.45) is 0 Å². The fraction of sp³-hybridized carbons (Fsp3) is 0.308. The Kier molecular flexibility index (Phi) is 4.34. The molecule has 0 saturated heterocycles. The molecule has 0 spiro atoms. The number of carbonyl (C=O) groups is 1. The van der Waals surface area contributed by atoms with Crippen molar-refractivity contribution in [1.29, 1.82) is 0 Å². The van der Waals surface area contributed by atoms with Gasteiger partial charge in [-0.3, -0.25) is 4.79 Å². The minimum Gasteiger partial charge on any atom is -0.397 e. The van der Waals surface area contributed by atoms with Gasteiger partial charge in [0.2, 0.25) is 0 Å². The van der Waals surface area contributed by atoms with Crippen molar-refractivity contribution in [3.63, 3.8) is 0 Å². The van der Waals surface area contributed by atoms with Gasteiger partial charge in [0.05, 0.1) is 17.1 Å². The summed E-state index contributed by atoms with van der Waals surface area (Å²) < 4.78 is 37.5. The molecule has 1 aromatic carbocycles. The standard InChI is InChI=1S/C13H12ClF3N2OS/c1-6(5-13(15,16)17)19-12(20)11-10(18)9-7(14)3-2-4-8(9)21-11/h2-4,6H,5,18H2,1H3,(H,19,20). The highest BCUT2D eigenvalue weighted by molar-refractivity contribution is 7.21. The van der Waals surface area contributed by atoms with Crippen LogP contribution in [-0.2, 0) is 0 Å². The van der Waals surface area contributed by atoms with E-state index in [1.165, 1.54) is 6.92 Å². The van der Waals surface area contributed by atoms with Gasteiger partial charge in [-0.25, -0.2) is 0 Å². The third-order valence-corrected chi connectivity index (χ3v) is 4.31. The van der Waals surface area contributed by atoms with Crippen LogP contribution in [-0.4, -0.2) is 18.1 Å². The normalized spacial score (nSPS) is 13.4. The molecule has 1 atom stereocenters. The van der Waals surface area contributed by atoms with Gasteiger partial charge < -0.3 is 11.1 Å².